The van der Waals surface area contributed by atoms with Crippen molar-refractivity contribution in [3.8, 4) is 0 Å². The van der Waals surface area contributed by atoms with Crippen molar-refractivity contribution >= 4 is 38.4 Å². The number of thioether (sulfide) groups is 1. The first-order valence-corrected chi connectivity index (χ1v) is 11.8. The third kappa shape index (κ3) is 4.24. The van der Waals surface area contributed by atoms with Crippen LogP contribution in [0.25, 0.3) is 0 Å². The number of sulfone groups is 1. The van der Waals surface area contributed by atoms with Crippen LogP contribution in [-0.2, 0) is 27.2 Å². The van der Waals surface area contributed by atoms with Crippen LogP contribution in [0.1, 0.15) is 11.1 Å². The van der Waals surface area contributed by atoms with E-state index in [4.69, 9.17) is 0 Å². The molecule has 158 valence electrons. The summed E-state index contributed by atoms with van der Waals surface area (Å²) in [6.07, 6.45) is -4.62. The number of aliphatic imine (C=N–C) groups is 1. The lowest BCUT2D eigenvalue weighted by Crippen LogP contribution is -2.39. The summed E-state index contributed by atoms with van der Waals surface area (Å²) in [5, 5.41) is -0.364. The fourth-order valence-electron chi connectivity index (χ4n) is 3.69. The number of rotatable bonds is 3. The second-order valence-corrected chi connectivity index (χ2v) is 10.5. The molecule has 1 amide bonds. The Kier molecular flexibility index (Phi) is 5.39. The molecule has 2 aromatic carbocycles. The standard InChI is InChI=1S/C20H17F3N2O3S2/c21-20(22,23)14-8-4-5-9-15(14)25-16-11-30(27,28)12-17(16)29-19(25)24-18(26)10-13-6-2-1-3-7-13/h1-9,16-17H,10-12H2. The van der Waals surface area contributed by atoms with E-state index in [0.29, 0.717) is 0 Å². The molecule has 0 radical (unpaired) electrons. The number of benzene rings is 2. The quantitative estimate of drug-likeness (QED) is 0.710. The lowest BCUT2D eigenvalue weighted by atomic mass is 10.1. The summed E-state index contributed by atoms with van der Waals surface area (Å²) in [5.74, 6) is -0.928. The van der Waals surface area contributed by atoms with Gasteiger partial charge in [0.15, 0.2) is 15.0 Å². The van der Waals surface area contributed by atoms with E-state index in [2.05, 4.69) is 4.99 Å². The molecule has 2 unspecified atom stereocenters. The molecule has 4 rings (SSSR count). The number of amides is 1. The van der Waals surface area contributed by atoms with Crippen LogP contribution in [0.5, 0.6) is 0 Å². The zero-order valence-electron chi connectivity index (χ0n) is 15.5. The molecule has 2 fully saturated rings. The molecule has 0 aromatic heterocycles. The van der Waals surface area contributed by atoms with Gasteiger partial charge in [0.05, 0.1) is 35.2 Å². The highest BCUT2D eigenvalue weighted by molar-refractivity contribution is 8.16. The zero-order valence-corrected chi connectivity index (χ0v) is 17.2. The number of fused-ring (bicyclic) bond motifs is 1. The Balaban J connectivity index is 1.73. The van der Waals surface area contributed by atoms with E-state index in [1.165, 1.54) is 23.1 Å². The van der Waals surface area contributed by atoms with Crippen molar-refractivity contribution in [1.29, 1.82) is 0 Å². The number of anilines is 1. The minimum Gasteiger partial charge on any atom is -0.315 e. The van der Waals surface area contributed by atoms with E-state index in [1.54, 1.807) is 24.3 Å². The van der Waals surface area contributed by atoms with Crippen LogP contribution in [-0.4, -0.2) is 42.3 Å². The average molecular weight is 454 g/mol. The van der Waals surface area contributed by atoms with E-state index in [-0.39, 0.29) is 28.8 Å². The highest BCUT2D eigenvalue weighted by Gasteiger charge is 2.51. The highest BCUT2D eigenvalue weighted by Crippen LogP contribution is 2.45. The second kappa shape index (κ2) is 7.73. The van der Waals surface area contributed by atoms with Gasteiger partial charge >= 0.3 is 6.18 Å². The smallest absolute Gasteiger partial charge is 0.315 e. The van der Waals surface area contributed by atoms with Gasteiger partial charge in [-0.25, -0.2) is 8.42 Å². The fourth-order valence-corrected chi connectivity index (χ4v) is 7.61. The first-order chi connectivity index (χ1) is 14.1. The molecular formula is C20H17F3N2O3S2. The molecule has 0 spiro atoms. The summed E-state index contributed by atoms with van der Waals surface area (Å²) in [6, 6.07) is 13.1. The molecule has 0 bridgehead atoms. The summed E-state index contributed by atoms with van der Waals surface area (Å²) in [5.41, 5.74) is -0.341. The predicted octanol–water partition coefficient (Wildman–Crippen LogP) is 3.55. The number of amidine groups is 1. The van der Waals surface area contributed by atoms with Gasteiger partial charge in [0.2, 0.25) is 0 Å². The van der Waals surface area contributed by atoms with Crippen molar-refractivity contribution in [2.24, 2.45) is 4.99 Å². The normalized spacial score (nSPS) is 24.2. The maximum atomic E-state index is 13.6. The molecule has 2 aromatic rings. The molecule has 2 aliphatic heterocycles. The van der Waals surface area contributed by atoms with Crippen molar-refractivity contribution < 1.29 is 26.4 Å². The molecular weight excluding hydrogens is 437 g/mol. The summed E-state index contributed by atoms with van der Waals surface area (Å²) in [7, 11) is -3.38. The Labute approximate surface area is 175 Å². The molecule has 2 atom stereocenters. The fraction of sp³-hybridized carbons (Fsp3) is 0.300. The number of nitrogens with zero attached hydrogens (tertiary/aromatic N) is 2. The molecule has 10 heteroatoms. The lowest BCUT2D eigenvalue weighted by Gasteiger charge is -2.27. The van der Waals surface area contributed by atoms with E-state index in [1.807, 2.05) is 6.07 Å². The number of carbonyl (C=O) groups is 1. The SMILES string of the molecule is O=C(Cc1ccccc1)N=C1SC2CS(=O)(=O)CC2N1c1ccccc1C(F)(F)F. The summed E-state index contributed by atoms with van der Waals surface area (Å²) >= 11 is 1.05. The number of hydrogen-bond donors (Lipinski definition) is 0. The molecule has 2 aliphatic rings. The van der Waals surface area contributed by atoms with Crippen molar-refractivity contribution in [1.82, 2.24) is 0 Å². The number of carbonyl (C=O) groups excluding carboxylic acids is 1. The van der Waals surface area contributed by atoms with Gasteiger partial charge in [-0.05, 0) is 17.7 Å². The van der Waals surface area contributed by atoms with Gasteiger partial charge in [-0.1, -0.05) is 54.2 Å². The molecule has 0 N–H and O–H groups in total. The Morgan fingerprint density at radius 3 is 2.43 bits per heavy atom. The van der Waals surface area contributed by atoms with Crippen molar-refractivity contribution in [2.45, 2.75) is 23.9 Å². The molecule has 0 aliphatic carbocycles. The van der Waals surface area contributed by atoms with Gasteiger partial charge in [0.1, 0.15) is 0 Å². The molecule has 0 saturated carbocycles. The third-order valence-corrected chi connectivity index (χ3v) is 8.16. The average Bonchev–Trinajstić information content (AvgIpc) is 3.12. The van der Waals surface area contributed by atoms with Crippen molar-refractivity contribution in [3.05, 3.63) is 65.7 Å². The van der Waals surface area contributed by atoms with Crippen LogP contribution in [0.15, 0.2) is 59.6 Å². The molecule has 2 heterocycles. The van der Waals surface area contributed by atoms with Gasteiger partial charge in [-0.2, -0.15) is 18.2 Å². The number of alkyl halides is 3. The molecule has 5 nitrogen and oxygen atoms in total. The van der Waals surface area contributed by atoms with Gasteiger partial charge < -0.3 is 4.90 Å². The van der Waals surface area contributed by atoms with Gasteiger partial charge in [-0.15, -0.1) is 0 Å². The minimum atomic E-state index is -4.63. The second-order valence-electron chi connectivity index (χ2n) is 7.14. The largest absolute Gasteiger partial charge is 0.418 e. The molecule has 30 heavy (non-hydrogen) atoms. The van der Waals surface area contributed by atoms with Gasteiger partial charge in [0, 0.05) is 5.25 Å². The topological polar surface area (TPSA) is 66.8 Å². The van der Waals surface area contributed by atoms with E-state index < -0.39 is 38.8 Å². The van der Waals surface area contributed by atoms with Crippen LogP contribution < -0.4 is 4.90 Å². The predicted molar refractivity (Wildman–Crippen MR) is 110 cm³/mol. The Morgan fingerprint density at radius 1 is 1.07 bits per heavy atom. The number of para-hydroxylation sites is 1. The van der Waals surface area contributed by atoms with Crippen LogP contribution in [0, 0.1) is 0 Å². The summed E-state index contributed by atoms with van der Waals surface area (Å²) in [4.78, 5) is 17.9. The third-order valence-electron chi connectivity index (χ3n) is 4.95. The zero-order chi connectivity index (χ0) is 21.5. The van der Waals surface area contributed by atoms with Crippen LogP contribution in [0.2, 0.25) is 0 Å². The highest BCUT2D eigenvalue weighted by atomic mass is 32.2. The minimum absolute atomic E-state index is 0.00723. The van der Waals surface area contributed by atoms with E-state index in [0.717, 1.165) is 23.4 Å². The monoisotopic (exact) mass is 454 g/mol. The first-order valence-electron chi connectivity index (χ1n) is 9.12. The van der Waals surface area contributed by atoms with Crippen molar-refractivity contribution in [2.75, 3.05) is 16.4 Å². The first kappa shape index (κ1) is 20.9. The number of hydrogen-bond acceptors (Lipinski definition) is 4. The van der Waals surface area contributed by atoms with Gasteiger partial charge in [-0.3, -0.25) is 4.79 Å². The Morgan fingerprint density at radius 2 is 1.73 bits per heavy atom. The summed E-state index contributed by atoms with van der Waals surface area (Å²) < 4.78 is 65.1. The Hall–Kier alpha value is -2.33. The van der Waals surface area contributed by atoms with Crippen molar-refractivity contribution in [3.63, 3.8) is 0 Å². The molecule has 2 saturated heterocycles. The van der Waals surface area contributed by atoms with Crippen LogP contribution >= 0.6 is 11.8 Å². The lowest BCUT2D eigenvalue weighted by molar-refractivity contribution is -0.137. The Bertz CT molecular complexity index is 1100. The number of halogens is 3. The van der Waals surface area contributed by atoms with Gasteiger partial charge in [0.25, 0.3) is 5.91 Å². The maximum Gasteiger partial charge on any atom is 0.418 e. The summed E-state index contributed by atoms with van der Waals surface area (Å²) in [6.45, 7) is 0. The van der Waals surface area contributed by atoms with E-state index in [9.17, 15) is 26.4 Å². The van der Waals surface area contributed by atoms with Crippen LogP contribution in [0.4, 0.5) is 18.9 Å². The van der Waals surface area contributed by atoms with Crippen LogP contribution in [0.3, 0.4) is 0 Å². The maximum absolute atomic E-state index is 13.6. The van der Waals surface area contributed by atoms with E-state index >= 15 is 0 Å².